The molecule has 1 aromatic carbocycles. The van der Waals surface area contributed by atoms with Crippen LogP contribution in [0.4, 0.5) is 26.3 Å². The largest absolute Gasteiger partial charge is 0.425 e. The molecule has 0 aromatic heterocycles. The highest BCUT2D eigenvalue weighted by atomic mass is 19.4. The molecule has 1 aliphatic heterocycles. The average molecular weight is 545 g/mol. The van der Waals surface area contributed by atoms with Gasteiger partial charge >= 0.3 is 12.4 Å². The first-order chi connectivity index (χ1) is 17.4. The highest BCUT2D eigenvalue weighted by Crippen LogP contribution is 2.54. The standard InChI is InChI=1S/C27H30F6N2O3/c1-14-7-5-10-18(15(14)2)35-19-12-24(3,4)13-20(36)21(19)25(23(35)38,27(31,32)33)34-22(37)16-8-6-9-17(11-16)26(28,29)30/h6,8-9,11,14-15,18H,5,7,10,12-13H2,1-4H3,(H,34,37)/t14-,15-,18+,25+/m1/s1. The number of nitrogens with one attached hydrogen (secondary N) is 1. The van der Waals surface area contributed by atoms with Gasteiger partial charge in [-0.1, -0.05) is 46.6 Å². The monoisotopic (exact) mass is 544 g/mol. The lowest BCUT2D eigenvalue weighted by molar-refractivity contribution is -0.192. The normalized spacial score (nSPS) is 29.9. The summed E-state index contributed by atoms with van der Waals surface area (Å²) >= 11 is 0. The molecule has 4 atom stereocenters. The van der Waals surface area contributed by atoms with Crippen molar-refractivity contribution in [2.75, 3.05) is 0 Å². The quantitative estimate of drug-likeness (QED) is 0.472. The maximum Gasteiger partial charge on any atom is 0.425 e. The van der Waals surface area contributed by atoms with Gasteiger partial charge < -0.3 is 10.2 Å². The van der Waals surface area contributed by atoms with Crippen molar-refractivity contribution >= 4 is 17.6 Å². The molecule has 0 spiro atoms. The van der Waals surface area contributed by atoms with Crippen LogP contribution >= 0.6 is 0 Å². The van der Waals surface area contributed by atoms with Gasteiger partial charge in [0.15, 0.2) is 5.78 Å². The Kier molecular flexibility index (Phi) is 6.76. The number of halogens is 6. The Bertz CT molecular complexity index is 1200. The van der Waals surface area contributed by atoms with E-state index in [4.69, 9.17) is 0 Å². The van der Waals surface area contributed by atoms with E-state index >= 15 is 13.2 Å². The van der Waals surface area contributed by atoms with Crippen LogP contribution in [0.2, 0.25) is 0 Å². The van der Waals surface area contributed by atoms with Crippen LogP contribution in [0, 0.1) is 17.3 Å². The second-order valence-electron chi connectivity index (χ2n) is 11.6. The van der Waals surface area contributed by atoms with Crippen molar-refractivity contribution in [3.05, 3.63) is 46.7 Å². The van der Waals surface area contributed by atoms with Gasteiger partial charge in [0, 0.05) is 23.7 Å². The highest BCUT2D eigenvalue weighted by Gasteiger charge is 2.72. The molecule has 1 heterocycles. The van der Waals surface area contributed by atoms with Crippen LogP contribution in [0.1, 0.15) is 75.7 Å². The first kappa shape index (κ1) is 28.2. The van der Waals surface area contributed by atoms with Gasteiger partial charge in [-0.15, -0.1) is 0 Å². The van der Waals surface area contributed by atoms with Gasteiger partial charge in [0.05, 0.1) is 11.1 Å². The van der Waals surface area contributed by atoms with Crippen LogP contribution in [0.15, 0.2) is 35.5 Å². The molecule has 1 aromatic rings. The van der Waals surface area contributed by atoms with Gasteiger partial charge in [-0.05, 0) is 48.3 Å². The summed E-state index contributed by atoms with van der Waals surface area (Å²) in [6.07, 6.45) is -8.60. The molecule has 0 radical (unpaired) electrons. The number of allylic oxidation sites excluding steroid dienone is 1. The Balaban J connectivity index is 1.88. The predicted molar refractivity (Wildman–Crippen MR) is 126 cm³/mol. The first-order valence-electron chi connectivity index (χ1n) is 12.6. The van der Waals surface area contributed by atoms with Gasteiger partial charge in [0.25, 0.3) is 11.8 Å². The predicted octanol–water partition coefficient (Wildman–Crippen LogP) is 6.05. The molecule has 4 rings (SSSR count). The second-order valence-corrected chi connectivity index (χ2v) is 11.6. The summed E-state index contributed by atoms with van der Waals surface area (Å²) in [6, 6.07) is 2.30. The number of benzene rings is 1. The molecule has 0 bridgehead atoms. The maximum absolute atomic E-state index is 15.0. The molecule has 2 amide bonds. The minimum atomic E-state index is -5.43. The van der Waals surface area contributed by atoms with Gasteiger partial charge in [0.1, 0.15) is 0 Å². The second kappa shape index (κ2) is 9.12. The van der Waals surface area contributed by atoms with Crippen molar-refractivity contribution in [1.29, 1.82) is 0 Å². The van der Waals surface area contributed by atoms with Crippen LogP contribution < -0.4 is 5.32 Å². The molecule has 2 aliphatic carbocycles. The molecular formula is C27H30F6N2O3. The van der Waals surface area contributed by atoms with Crippen molar-refractivity contribution in [2.24, 2.45) is 17.3 Å². The average Bonchev–Trinajstić information content (AvgIpc) is 3.02. The van der Waals surface area contributed by atoms with Crippen molar-refractivity contribution in [2.45, 2.75) is 83.7 Å². The third-order valence-corrected chi connectivity index (χ3v) is 8.23. The molecule has 3 aliphatic rings. The van der Waals surface area contributed by atoms with Crippen molar-refractivity contribution in [3.8, 4) is 0 Å². The third-order valence-electron chi connectivity index (χ3n) is 8.23. The lowest BCUT2D eigenvalue weighted by atomic mass is 9.72. The number of rotatable bonds is 3. The summed E-state index contributed by atoms with van der Waals surface area (Å²) < 4.78 is 84.7. The SMILES string of the molecule is C[C@@H]1[C@H](C)CCC[C@@H]1N1C(=O)[C@](NC(=O)c2cccc(C(F)(F)F)c2)(C(F)(F)F)C2=C1CC(C)(C)CC2=O. The molecule has 208 valence electrons. The number of carbonyl (C=O) groups excluding carboxylic acids is 3. The third kappa shape index (κ3) is 4.51. The van der Waals surface area contributed by atoms with Gasteiger partial charge in [0.2, 0.25) is 5.54 Å². The molecular weight excluding hydrogens is 514 g/mol. The minimum Gasteiger partial charge on any atom is -0.326 e. The number of nitrogens with zero attached hydrogens (tertiary/aromatic N) is 1. The summed E-state index contributed by atoms with van der Waals surface area (Å²) in [7, 11) is 0. The van der Waals surface area contributed by atoms with Crippen molar-refractivity contribution in [3.63, 3.8) is 0 Å². The fourth-order valence-corrected chi connectivity index (χ4v) is 6.13. The van der Waals surface area contributed by atoms with Crippen molar-refractivity contribution in [1.82, 2.24) is 10.2 Å². The number of alkyl halides is 6. The molecule has 38 heavy (non-hydrogen) atoms. The van der Waals surface area contributed by atoms with Crippen LogP contribution in [-0.4, -0.2) is 40.3 Å². The Hall–Kier alpha value is -2.85. The molecule has 1 N–H and O–H groups in total. The zero-order valence-corrected chi connectivity index (χ0v) is 21.5. The van der Waals surface area contributed by atoms with Crippen molar-refractivity contribution < 1.29 is 40.7 Å². The van der Waals surface area contributed by atoms with Crippen LogP contribution in [0.25, 0.3) is 0 Å². The lowest BCUT2D eigenvalue weighted by Gasteiger charge is -2.43. The zero-order valence-electron chi connectivity index (χ0n) is 21.5. The molecule has 11 heteroatoms. The van der Waals surface area contributed by atoms with Gasteiger partial charge in [-0.2, -0.15) is 26.3 Å². The van der Waals surface area contributed by atoms with Gasteiger partial charge in [-0.3, -0.25) is 14.4 Å². The van der Waals surface area contributed by atoms with E-state index in [1.165, 1.54) is 0 Å². The Labute approximate surface area is 216 Å². The van der Waals surface area contributed by atoms with E-state index in [2.05, 4.69) is 0 Å². The maximum atomic E-state index is 15.0. The molecule has 0 saturated heterocycles. The Morgan fingerprint density at radius 2 is 1.68 bits per heavy atom. The minimum absolute atomic E-state index is 0.00860. The summed E-state index contributed by atoms with van der Waals surface area (Å²) in [4.78, 5) is 41.5. The first-order valence-corrected chi connectivity index (χ1v) is 12.6. The number of amides is 2. The van der Waals surface area contributed by atoms with Crippen LogP contribution in [0.5, 0.6) is 0 Å². The number of hydrogen-bond donors (Lipinski definition) is 1. The molecule has 1 fully saturated rings. The Morgan fingerprint density at radius 3 is 2.29 bits per heavy atom. The molecule has 1 saturated carbocycles. The van der Waals surface area contributed by atoms with E-state index in [0.717, 1.165) is 23.5 Å². The van der Waals surface area contributed by atoms with E-state index in [1.54, 1.807) is 19.2 Å². The molecule has 0 unspecified atom stereocenters. The van der Waals surface area contributed by atoms with E-state index < -0.39 is 63.6 Å². The lowest BCUT2D eigenvalue weighted by Crippen LogP contribution is -2.67. The fourth-order valence-electron chi connectivity index (χ4n) is 6.13. The topological polar surface area (TPSA) is 66.5 Å². The number of ketones is 1. The smallest absolute Gasteiger partial charge is 0.326 e. The summed E-state index contributed by atoms with van der Waals surface area (Å²) in [5, 5.41) is 1.73. The fraction of sp³-hybridized carbons (Fsp3) is 0.593. The van der Waals surface area contributed by atoms with E-state index in [9.17, 15) is 27.6 Å². The van der Waals surface area contributed by atoms with E-state index in [0.29, 0.717) is 25.0 Å². The van der Waals surface area contributed by atoms with E-state index in [1.807, 2.05) is 13.8 Å². The van der Waals surface area contributed by atoms with Gasteiger partial charge in [-0.25, -0.2) is 0 Å². The van der Waals surface area contributed by atoms with Crippen LogP contribution in [0.3, 0.4) is 0 Å². The number of Topliss-reactive ketones (excluding diaryl/α,β-unsaturated/α-hetero) is 1. The van der Waals surface area contributed by atoms with E-state index in [-0.39, 0.29) is 30.4 Å². The molecule has 5 nitrogen and oxygen atoms in total. The summed E-state index contributed by atoms with van der Waals surface area (Å²) in [5.74, 6) is -3.99. The summed E-state index contributed by atoms with van der Waals surface area (Å²) in [6.45, 7) is 7.25. The highest BCUT2D eigenvalue weighted by molar-refractivity contribution is 6.14. The zero-order chi connectivity index (χ0) is 28.4. The summed E-state index contributed by atoms with van der Waals surface area (Å²) in [5.41, 5.74) is -7.23. The van der Waals surface area contributed by atoms with Crippen LogP contribution in [-0.2, 0) is 15.8 Å². The number of hydrogen-bond acceptors (Lipinski definition) is 3. The number of carbonyl (C=O) groups is 3. The Morgan fingerprint density at radius 1 is 1.03 bits per heavy atom.